The minimum atomic E-state index is -0.407. The van der Waals surface area contributed by atoms with Crippen LogP contribution in [0.1, 0.15) is 41.5 Å². The molecule has 0 saturated carbocycles. The van der Waals surface area contributed by atoms with Gasteiger partial charge in [0.25, 0.3) is 0 Å². The number of carbonyl (C=O) groups is 4. The first-order valence-electron chi connectivity index (χ1n) is 11.1. The van der Waals surface area contributed by atoms with Crippen molar-refractivity contribution in [1.29, 1.82) is 0 Å². The molecule has 0 aromatic carbocycles. The summed E-state index contributed by atoms with van der Waals surface area (Å²) in [6.45, 7) is 16.0. The van der Waals surface area contributed by atoms with Gasteiger partial charge in [0.15, 0.2) is 0 Å². The van der Waals surface area contributed by atoms with Gasteiger partial charge in [0.05, 0.1) is 25.2 Å². The second-order valence-corrected chi connectivity index (χ2v) is 9.13. The SMILES string of the molecule is C=C(NCC(=O)N(C)CC(C)=O)[C@@H](NC(=O)C(C)N(C)CCN(C)C(=O)C(C)C)C(C)C. The van der Waals surface area contributed by atoms with E-state index in [9.17, 15) is 19.2 Å². The van der Waals surface area contributed by atoms with Crippen molar-refractivity contribution >= 4 is 23.5 Å². The minimum absolute atomic E-state index is 0.00657. The van der Waals surface area contributed by atoms with Gasteiger partial charge in [-0.05, 0) is 26.8 Å². The predicted molar refractivity (Wildman–Crippen MR) is 127 cm³/mol. The molecule has 184 valence electrons. The first-order chi connectivity index (χ1) is 14.7. The lowest BCUT2D eigenvalue weighted by Gasteiger charge is -2.31. The van der Waals surface area contributed by atoms with Crippen molar-refractivity contribution in [3.05, 3.63) is 12.3 Å². The van der Waals surface area contributed by atoms with Gasteiger partial charge >= 0.3 is 0 Å². The Kier molecular flexibility index (Phi) is 12.8. The largest absolute Gasteiger partial charge is 0.378 e. The summed E-state index contributed by atoms with van der Waals surface area (Å²) in [6, 6.07) is -0.774. The van der Waals surface area contributed by atoms with Gasteiger partial charge in [-0.1, -0.05) is 34.3 Å². The zero-order valence-electron chi connectivity index (χ0n) is 21.3. The van der Waals surface area contributed by atoms with Crippen molar-refractivity contribution in [2.75, 3.05) is 47.3 Å². The smallest absolute Gasteiger partial charge is 0.242 e. The molecule has 1 unspecified atom stereocenters. The zero-order chi connectivity index (χ0) is 25.2. The summed E-state index contributed by atoms with van der Waals surface area (Å²) < 4.78 is 0. The average molecular weight is 454 g/mol. The zero-order valence-corrected chi connectivity index (χ0v) is 21.3. The summed E-state index contributed by atoms with van der Waals surface area (Å²) in [4.78, 5) is 53.1. The van der Waals surface area contributed by atoms with E-state index in [2.05, 4.69) is 17.2 Å². The summed E-state index contributed by atoms with van der Waals surface area (Å²) in [6.07, 6.45) is 0. The van der Waals surface area contributed by atoms with Gasteiger partial charge in [-0.2, -0.15) is 0 Å². The molecule has 0 fully saturated rings. The van der Waals surface area contributed by atoms with Crippen LogP contribution >= 0.6 is 0 Å². The van der Waals surface area contributed by atoms with Crippen molar-refractivity contribution in [2.24, 2.45) is 11.8 Å². The molecule has 0 aromatic heterocycles. The van der Waals surface area contributed by atoms with Crippen LogP contribution in [-0.4, -0.2) is 97.6 Å². The maximum Gasteiger partial charge on any atom is 0.242 e. The highest BCUT2D eigenvalue weighted by atomic mass is 16.2. The first-order valence-corrected chi connectivity index (χ1v) is 11.1. The number of rotatable bonds is 14. The molecule has 0 aliphatic rings. The monoisotopic (exact) mass is 453 g/mol. The molecule has 0 heterocycles. The molecule has 0 aliphatic carbocycles. The number of amides is 3. The van der Waals surface area contributed by atoms with E-state index in [1.165, 1.54) is 11.8 Å². The van der Waals surface area contributed by atoms with Crippen molar-refractivity contribution < 1.29 is 19.2 Å². The van der Waals surface area contributed by atoms with Crippen LogP contribution in [0.4, 0.5) is 0 Å². The molecule has 9 nitrogen and oxygen atoms in total. The Hall–Kier alpha value is -2.42. The fraction of sp³-hybridized carbons (Fsp3) is 0.739. The fourth-order valence-electron chi connectivity index (χ4n) is 3.04. The summed E-state index contributed by atoms with van der Waals surface area (Å²) in [5.74, 6) is -0.428. The summed E-state index contributed by atoms with van der Waals surface area (Å²) in [7, 11) is 5.18. The molecule has 32 heavy (non-hydrogen) atoms. The lowest BCUT2D eigenvalue weighted by Crippen LogP contribution is -2.52. The van der Waals surface area contributed by atoms with Gasteiger partial charge in [0, 0.05) is 38.8 Å². The number of nitrogens with one attached hydrogen (secondary N) is 2. The number of likely N-dealkylation sites (N-methyl/N-ethyl adjacent to an activating group) is 3. The maximum atomic E-state index is 12.8. The van der Waals surface area contributed by atoms with Crippen LogP contribution in [0.3, 0.4) is 0 Å². The van der Waals surface area contributed by atoms with E-state index in [-0.39, 0.29) is 54.5 Å². The van der Waals surface area contributed by atoms with Crippen molar-refractivity contribution in [3.8, 4) is 0 Å². The molecule has 0 radical (unpaired) electrons. The number of hydrogen-bond donors (Lipinski definition) is 2. The third-order valence-corrected chi connectivity index (χ3v) is 5.39. The molecule has 0 saturated heterocycles. The Bertz CT molecular complexity index is 677. The lowest BCUT2D eigenvalue weighted by molar-refractivity contribution is -0.133. The number of nitrogens with zero attached hydrogens (tertiary/aromatic N) is 3. The van der Waals surface area contributed by atoms with Gasteiger partial charge in [0.2, 0.25) is 17.7 Å². The number of Topliss-reactive ketones (excluding diaryl/α,β-unsaturated/α-hetero) is 1. The van der Waals surface area contributed by atoms with E-state index in [4.69, 9.17) is 0 Å². The van der Waals surface area contributed by atoms with Crippen molar-refractivity contribution in [2.45, 2.75) is 53.6 Å². The number of carbonyl (C=O) groups excluding carboxylic acids is 4. The standard InChI is InChI=1S/C23H43N5O4/c1-15(2)21(18(6)24-13-20(30)28(10)14-17(5)29)25-22(31)19(7)26(8)11-12-27(9)23(32)16(3)4/h15-16,19,21,24H,6,11-14H2,1-5,7-10H3,(H,25,31)/t19?,21-/m0/s1. The van der Waals surface area contributed by atoms with Gasteiger partial charge < -0.3 is 20.4 Å². The Labute approximate surface area is 193 Å². The van der Waals surface area contributed by atoms with Crippen LogP contribution in [0, 0.1) is 11.8 Å². The Morgan fingerprint density at radius 2 is 1.47 bits per heavy atom. The third-order valence-electron chi connectivity index (χ3n) is 5.39. The minimum Gasteiger partial charge on any atom is -0.378 e. The second kappa shape index (κ2) is 13.9. The Balaban J connectivity index is 4.83. The normalized spacial score (nSPS) is 13.0. The van der Waals surface area contributed by atoms with E-state index in [1.54, 1.807) is 19.0 Å². The van der Waals surface area contributed by atoms with E-state index in [1.807, 2.05) is 46.6 Å². The van der Waals surface area contributed by atoms with Crippen molar-refractivity contribution in [3.63, 3.8) is 0 Å². The molecular weight excluding hydrogens is 410 g/mol. The Morgan fingerprint density at radius 1 is 0.906 bits per heavy atom. The molecule has 2 N–H and O–H groups in total. The van der Waals surface area contributed by atoms with Gasteiger partial charge in [0.1, 0.15) is 5.78 Å². The highest BCUT2D eigenvalue weighted by molar-refractivity contribution is 5.85. The van der Waals surface area contributed by atoms with Crippen LogP contribution in [0.15, 0.2) is 12.3 Å². The topological polar surface area (TPSA) is 102 Å². The van der Waals surface area contributed by atoms with E-state index < -0.39 is 6.04 Å². The van der Waals surface area contributed by atoms with Crippen LogP contribution in [0.2, 0.25) is 0 Å². The first kappa shape index (κ1) is 29.6. The molecule has 9 heteroatoms. The number of ketones is 1. The third kappa shape index (κ3) is 10.3. The molecule has 3 amide bonds. The van der Waals surface area contributed by atoms with Gasteiger partial charge in [-0.15, -0.1) is 0 Å². The van der Waals surface area contributed by atoms with Crippen LogP contribution in [-0.2, 0) is 19.2 Å². The predicted octanol–water partition coefficient (Wildman–Crippen LogP) is 0.713. The molecule has 2 atom stereocenters. The molecular formula is C23H43N5O4. The number of hydrogen-bond acceptors (Lipinski definition) is 6. The molecule has 0 aromatic rings. The average Bonchev–Trinajstić information content (AvgIpc) is 2.71. The maximum absolute atomic E-state index is 12.8. The van der Waals surface area contributed by atoms with E-state index in [0.717, 1.165) is 0 Å². The van der Waals surface area contributed by atoms with E-state index in [0.29, 0.717) is 18.8 Å². The fourth-order valence-corrected chi connectivity index (χ4v) is 3.04. The van der Waals surface area contributed by atoms with Crippen LogP contribution in [0.25, 0.3) is 0 Å². The van der Waals surface area contributed by atoms with E-state index >= 15 is 0 Å². The van der Waals surface area contributed by atoms with Crippen LogP contribution in [0.5, 0.6) is 0 Å². The summed E-state index contributed by atoms with van der Waals surface area (Å²) in [5, 5.41) is 5.99. The molecule has 0 rings (SSSR count). The van der Waals surface area contributed by atoms with Gasteiger partial charge in [-0.25, -0.2) is 0 Å². The summed E-state index contributed by atoms with van der Waals surface area (Å²) >= 11 is 0. The second-order valence-electron chi connectivity index (χ2n) is 9.13. The molecule has 0 bridgehead atoms. The van der Waals surface area contributed by atoms with Crippen molar-refractivity contribution in [1.82, 2.24) is 25.3 Å². The highest BCUT2D eigenvalue weighted by Gasteiger charge is 2.25. The molecule has 0 spiro atoms. The highest BCUT2D eigenvalue weighted by Crippen LogP contribution is 2.10. The van der Waals surface area contributed by atoms with Gasteiger partial charge in [-0.3, -0.25) is 24.1 Å². The Morgan fingerprint density at radius 3 is 1.94 bits per heavy atom. The molecule has 0 aliphatic heterocycles. The van der Waals surface area contributed by atoms with Crippen LogP contribution < -0.4 is 10.6 Å². The summed E-state index contributed by atoms with van der Waals surface area (Å²) in [5.41, 5.74) is 0.537. The lowest BCUT2D eigenvalue weighted by atomic mass is 10.0. The quantitative estimate of drug-likeness (QED) is 0.402.